The maximum absolute atomic E-state index is 12.3. The summed E-state index contributed by atoms with van der Waals surface area (Å²) in [6.45, 7) is -0.0181. The number of aromatic amines is 1. The van der Waals surface area contributed by atoms with Crippen LogP contribution >= 0.6 is 11.6 Å². The number of carboxylic acids is 1. The average Bonchev–Trinajstić information content (AvgIpc) is 2.73. The molecule has 1 aromatic rings. The number of nitrogens with one attached hydrogen (secondary N) is 1. The largest absolute Gasteiger partial charge is 0.481 e. The molecule has 0 radical (unpaired) electrons. The minimum Gasteiger partial charge on any atom is -0.481 e. The van der Waals surface area contributed by atoms with Gasteiger partial charge in [0.1, 0.15) is 5.69 Å². The molecule has 0 spiro atoms. The highest BCUT2D eigenvalue weighted by Crippen LogP contribution is 2.19. The van der Waals surface area contributed by atoms with E-state index in [9.17, 15) is 18.0 Å². The molecule has 110 valence electrons. The van der Waals surface area contributed by atoms with Crippen LogP contribution in [0.5, 0.6) is 0 Å². The van der Waals surface area contributed by atoms with E-state index < -0.39 is 34.2 Å². The van der Waals surface area contributed by atoms with Gasteiger partial charge >= 0.3 is 5.97 Å². The topological polar surface area (TPSA) is 108 Å². The summed E-state index contributed by atoms with van der Waals surface area (Å²) in [6, 6.07) is 0.561. The second kappa shape index (κ2) is 5.45. The van der Waals surface area contributed by atoms with Gasteiger partial charge in [0.25, 0.3) is 5.91 Å². The number of H-pyrrole nitrogens is 1. The van der Waals surface area contributed by atoms with Crippen LogP contribution in [0, 0.1) is 0 Å². The van der Waals surface area contributed by atoms with Crippen molar-refractivity contribution in [3.05, 3.63) is 23.0 Å². The molecule has 0 aliphatic carbocycles. The third-order valence-electron chi connectivity index (χ3n) is 3.08. The second-order valence-electron chi connectivity index (χ2n) is 4.60. The lowest BCUT2D eigenvalue weighted by Crippen LogP contribution is -2.52. The standard InChI is InChI=1S/C11H13ClN2O5S/c12-7-3-9(13-5-7)11(17)14-1-2-20(18,19)6-8(14)4-10(15)16/h3,5,8,13H,1-2,4,6H2,(H,15,16). The van der Waals surface area contributed by atoms with Gasteiger partial charge in [0, 0.05) is 12.7 Å². The Morgan fingerprint density at radius 1 is 1.50 bits per heavy atom. The van der Waals surface area contributed by atoms with Crippen molar-refractivity contribution >= 4 is 33.3 Å². The Labute approximate surface area is 120 Å². The zero-order valence-corrected chi connectivity index (χ0v) is 11.9. The Bertz CT molecular complexity index is 639. The van der Waals surface area contributed by atoms with Crippen molar-refractivity contribution in [3.8, 4) is 0 Å². The van der Waals surface area contributed by atoms with Crippen LogP contribution in [0.4, 0.5) is 0 Å². The molecule has 20 heavy (non-hydrogen) atoms. The van der Waals surface area contributed by atoms with Gasteiger partial charge in [-0.1, -0.05) is 11.6 Å². The third kappa shape index (κ3) is 3.31. The van der Waals surface area contributed by atoms with Crippen LogP contribution in [0.25, 0.3) is 0 Å². The smallest absolute Gasteiger partial charge is 0.305 e. The lowest BCUT2D eigenvalue weighted by Gasteiger charge is -2.34. The zero-order valence-electron chi connectivity index (χ0n) is 10.4. The third-order valence-corrected chi connectivity index (χ3v) is 5.00. The summed E-state index contributed by atoms with van der Waals surface area (Å²) in [5.74, 6) is -2.09. The Morgan fingerprint density at radius 3 is 2.75 bits per heavy atom. The van der Waals surface area contributed by atoms with Crippen LogP contribution in [0.2, 0.25) is 5.02 Å². The number of hydrogen-bond acceptors (Lipinski definition) is 4. The normalized spacial score (nSPS) is 21.6. The molecule has 0 aromatic carbocycles. The number of hydrogen-bond donors (Lipinski definition) is 2. The number of halogens is 1. The first kappa shape index (κ1) is 14.9. The van der Waals surface area contributed by atoms with E-state index in [1.54, 1.807) is 0 Å². The number of aromatic nitrogens is 1. The first-order valence-corrected chi connectivity index (χ1v) is 8.05. The Kier molecular flexibility index (Phi) is 4.05. The van der Waals surface area contributed by atoms with Crippen LogP contribution in [0.3, 0.4) is 0 Å². The van der Waals surface area contributed by atoms with Gasteiger partial charge in [0.05, 0.1) is 29.0 Å². The van der Waals surface area contributed by atoms with E-state index in [4.69, 9.17) is 16.7 Å². The van der Waals surface area contributed by atoms with Crippen LogP contribution in [0.1, 0.15) is 16.9 Å². The number of sulfone groups is 1. The predicted octanol–water partition coefficient (Wildman–Crippen LogP) is 0.382. The van der Waals surface area contributed by atoms with Crippen molar-refractivity contribution in [2.45, 2.75) is 12.5 Å². The van der Waals surface area contributed by atoms with Crippen LogP contribution in [-0.2, 0) is 14.6 Å². The van der Waals surface area contributed by atoms with Crippen molar-refractivity contribution in [1.29, 1.82) is 0 Å². The van der Waals surface area contributed by atoms with Gasteiger partial charge in [-0.25, -0.2) is 8.42 Å². The average molecular weight is 321 g/mol. The molecule has 1 aliphatic rings. The van der Waals surface area contributed by atoms with E-state index in [-0.39, 0.29) is 23.7 Å². The highest BCUT2D eigenvalue weighted by molar-refractivity contribution is 7.91. The fourth-order valence-electron chi connectivity index (χ4n) is 2.17. The number of rotatable bonds is 3. The van der Waals surface area contributed by atoms with E-state index in [2.05, 4.69) is 4.98 Å². The number of carbonyl (C=O) groups is 2. The molecule has 2 rings (SSSR count). The monoisotopic (exact) mass is 320 g/mol. The summed E-state index contributed by atoms with van der Waals surface area (Å²) in [5.41, 5.74) is 0.213. The minimum atomic E-state index is -3.31. The number of amides is 1. The molecular weight excluding hydrogens is 308 g/mol. The van der Waals surface area contributed by atoms with E-state index in [0.29, 0.717) is 5.02 Å². The molecule has 9 heteroatoms. The highest BCUT2D eigenvalue weighted by Gasteiger charge is 2.36. The van der Waals surface area contributed by atoms with Crippen molar-refractivity contribution in [2.24, 2.45) is 0 Å². The van der Waals surface area contributed by atoms with Crippen LogP contribution < -0.4 is 0 Å². The van der Waals surface area contributed by atoms with Gasteiger partial charge < -0.3 is 15.0 Å². The fourth-order valence-corrected chi connectivity index (χ4v) is 3.86. The number of carboxylic acid groups (broad SMARTS) is 1. The first-order chi connectivity index (χ1) is 9.28. The molecule has 1 fully saturated rings. The summed E-state index contributed by atoms with van der Waals surface area (Å²) in [6.07, 6.45) is 1.03. The number of nitrogens with zero attached hydrogens (tertiary/aromatic N) is 1. The highest BCUT2D eigenvalue weighted by atomic mass is 35.5. The summed E-state index contributed by atoms with van der Waals surface area (Å²) < 4.78 is 23.2. The molecular formula is C11H13ClN2O5S. The van der Waals surface area contributed by atoms with Crippen molar-refractivity contribution in [3.63, 3.8) is 0 Å². The quantitative estimate of drug-likeness (QED) is 0.837. The van der Waals surface area contributed by atoms with Gasteiger partial charge in [0.15, 0.2) is 9.84 Å². The van der Waals surface area contributed by atoms with Crippen molar-refractivity contribution in [1.82, 2.24) is 9.88 Å². The molecule has 0 saturated carbocycles. The molecule has 1 unspecified atom stereocenters. The molecule has 0 bridgehead atoms. The Hall–Kier alpha value is -1.54. The second-order valence-corrected chi connectivity index (χ2v) is 7.26. The maximum Gasteiger partial charge on any atom is 0.305 e. The molecule has 1 saturated heterocycles. The van der Waals surface area contributed by atoms with Crippen LogP contribution in [-0.4, -0.2) is 59.4 Å². The molecule has 2 heterocycles. The maximum atomic E-state index is 12.3. The molecule has 1 amide bonds. The van der Waals surface area contributed by atoms with Crippen LogP contribution in [0.15, 0.2) is 12.3 Å². The minimum absolute atomic E-state index is 0.0181. The zero-order chi connectivity index (χ0) is 14.9. The van der Waals surface area contributed by atoms with Crippen molar-refractivity contribution in [2.75, 3.05) is 18.1 Å². The SMILES string of the molecule is O=C(O)CC1CS(=O)(=O)CCN1C(=O)c1cc(Cl)c[nH]1. The summed E-state index contributed by atoms with van der Waals surface area (Å²) in [4.78, 5) is 27.0. The lowest BCUT2D eigenvalue weighted by molar-refractivity contribution is -0.138. The van der Waals surface area contributed by atoms with E-state index in [0.717, 1.165) is 0 Å². The summed E-state index contributed by atoms with van der Waals surface area (Å²) >= 11 is 5.72. The van der Waals surface area contributed by atoms with Gasteiger partial charge in [-0.05, 0) is 6.07 Å². The van der Waals surface area contributed by atoms with E-state index >= 15 is 0 Å². The van der Waals surface area contributed by atoms with Crippen molar-refractivity contribution < 1.29 is 23.1 Å². The Morgan fingerprint density at radius 2 is 2.20 bits per heavy atom. The van der Waals surface area contributed by atoms with Gasteiger partial charge in [-0.15, -0.1) is 0 Å². The van der Waals surface area contributed by atoms with E-state index in [1.165, 1.54) is 17.2 Å². The Balaban J connectivity index is 2.23. The van der Waals surface area contributed by atoms with E-state index in [1.807, 2.05) is 0 Å². The molecule has 2 N–H and O–H groups in total. The number of carbonyl (C=O) groups excluding carboxylic acids is 1. The molecule has 1 aliphatic heterocycles. The number of aliphatic carboxylic acids is 1. The van der Waals surface area contributed by atoms with Gasteiger partial charge in [-0.2, -0.15) is 0 Å². The predicted molar refractivity (Wildman–Crippen MR) is 71.5 cm³/mol. The lowest BCUT2D eigenvalue weighted by atomic mass is 10.2. The first-order valence-electron chi connectivity index (χ1n) is 5.85. The summed E-state index contributed by atoms with van der Waals surface area (Å²) in [5, 5.41) is 9.20. The van der Waals surface area contributed by atoms with Gasteiger partial charge in [-0.3, -0.25) is 9.59 Å². The molecule has 7 nitrogen and oxygen atoms in total. The molecule has 1 atom stereocenters. The summed E-state index contributed by atoms with van der Waals surface area (Å²) in [7, 11) is -3.31. The fraction of sp³-hybridized carbons (Fsp3) is 0.455. The molecule has 1 aromatic heterocycles. The van der Waals surface area contributed by atoms with Gasteiger partial charge in [0.2, 0.25) is 0 Å².